The lowest BCUT2D eigenvalue weighted by Gasteiger charge is -2.36. The number of hydrogen-bond acceptors (Lipinski definition) is 3. The van der Waals surface area contributed by atoms with Crippen LogP contribution < -0.4 is 5.32 Å². The molecule has 4 heteroatoms. The monoisotopic (exact) mass is 235 g/mol. The van der Waals surface area contributed by atoms with Crippen LogP contribution in [0.4, 0.5) is 0 Å². The lowest BCUT2D eigenvalue weighted by molar-refractivity contribution is -0.127. The van der Waals surface area contributed by atoms with E-state index in [9.17, 15) is 4.79 Å². The normalized spacial score (nSPS) is 27.2. The van der Waals surface area contributed by atoms with Crippen LogP contribution in [0.2, 0.25) is 0 Å². The molecule has 2 fully saturated rings. The van der Waals surface area contributed by atoms with Gasteiger partial charge in [-0.3, -0.25) is 9.69 Å². The van der Waals surface area contributed by atoms with Crippen molar-refractivity contribution in [2.45, 2.75) is 44.6 Å². The minimum atomic E-state index is 0.0323. The lowest BCUT2D eigenvalue weighted by atomic mass is 9.96. The number of likely N-dealkylation sites (tertiary alicyclic amines) is 1. The summed E-state index contributed by atoms with van der Waals surface area (Å²) in [5, 5.41) is 11.6. The highest BCUT2D eigenvalue weighted by molar-refractivity contribution is 5.81. The lowest BCUT2D eigenvalue weighted by Crippen LogP contribution is -2.50. The number of nitrogens with one attached hydrogen (secondary N) is 1. The molecule has 1 saturated heterocycles. The molecule has 1 atom stereocenters. The van der Waals surface area contributed by atoms with Crippen molar-refractivity contribution in [1.29, 1.82) is 5.26 Å². The van der Waals surface area contributed by atoms with Gasteiger partial charge in [-0.1, -0.05) is 6.42 Å². The van der Waals surface area contributed by atoms with E-state index in [0.717, 1.165) is 38.8 Å². The molecule has 1 aliphatic heterocycles. The van der Waals surface area contributed by atoms with Crippen LogP contribution in [-0.4, -0.2) is 37.0 Å². The van der Waals surface area contributed by atoms with Gasteiger partial charge in [-0.25, -0.2) is 0 Å². The van der Waals surface area contributed by atoms with Crippen LogP contribution in [0.3, 0.4) is 0 Å². The second kappa shape index (κ2) is 5.05. The van der Waals surface area contributed by atoms with E-state index in [4.69, 9.17) is 5.26 Å². The quantitative estimate of drug-likeness (QED) is 0.798. The SMILES string of the molecule is CNC(=O)C1CCCCN1CC1(CC#N)CC1. The standard InChI is InChI=1S/C13H21N3O/c1-15-12(17)11-4-2-3-9-16(11)10-13(5-6-13)7-8-14/h11H,2-7,9-10H2,1H3,(H,15,17). The number of likely N-dealkylation sites (N-methyl/N-ethyl adjacent to an activating group) is 1. The molecule has 0 spiro atoms. The predicted octanol–water partition coefficient (Wildman–Crippen LogP) is 1.28. The number of hydrogen-bond donors (Lipinski definition) is 1. The van der Waals surface area contributed by atoms with Crippen LogP contribution >= 0.6 is 0 Å². The van der Waals surface area contributed by atoms with Crippen LogP contribution in [-0.2, 0) is 4.79 Å². The molecular weight excluding hydrogens is 214 g/mol. The minimum absolute atomic E-state index is 0.0323. The molecule has 2 rings (SSSR count). The summed E-state index contributed by atoms with van der Waals surface area (Å²) in [5.74, 6) is 0.137. The van der Waals surface area contributed by atoms with Gasteiger partial charge in [-0.2, -0.15) is 5.26 Å². The van der Waals surface area contributed by atoms with Crippen LogP contribution in [0, 0.1) is 16.7 Å². The Hall–Kier alpha value is -1.08. The van der Waals surface area contributed by atoms with Crippen LogP contribution in [0.15, 0.2) is 0 Å². The molecule has 1 N–H and O–H groups in total. The number of carbonyl (C=O) groups is 1. The second-order valence-corrected chi connectivity index (χ2v) is 5.43. The van der Waals surface area contributed by atoms with Gasteiger partial charge in [-0.15, -0.1) is 0 Å². The average Bonchev–Trinajstić information content (AvgIpc) is 3.09. The van der Waals surface area contributed by atoms with Crippen LogP contribution in [0.1, 0.15) is 38.5 Å². The zero-order chi connectivity index (χ0) is 12.3. The Kier molecular flexibility index (Phi) is 3.68. The molecule has 1 saturated carbocycles. The molecular formula is C13H21N3O. The van der Waals surface area contributed by atoms with Gasteiger partial charge in [0.05, 0.1) is 12.1 Å². The van der Waals surface area contributed by atoms with E-state index in [-0.39, 0.29) is 17.4 Å². The van der Waals surface area contributed by atoms with Gasteiger partial charge in [0.1, 0.15) is 0 Å². The van der Waals surface area contributed by atoms with Crippen molar-refractivity contribution >= 4 is 5.91 Å². The molecule has 1 amide bonds. The smallest absolute Gasteiger partial charge is 0.237 e. The number of carbonyl (C=O) groups excluding carboxylic acids is 1. The Labute approximate surface area is 103 Å². The summed E-state index contributed by atoms with van der Waals surface area (Å²) in [5.41, 5.74) is 0.207. The van der Waals surface area contributed by atoms with Gasteiger partial charge in [0.2, 0.25) is 5.91 Å². The molecule has 0 aromatic carbocycles. The summed E-state index contributed by atoms with van der Waals surface area (Å²) < 4.78 is 0. The largest absolute Gasteiger partial charge is 0.358 e. The Morgan fingerprint density at radius 3 is 2.88 bits per heavy atom. The molecule has 17 heavy (non-hydrogen) atoms. The highest BCUT2D eigenvalue weighted by Crippen LogP contribution is 2.49. The number of nitriles is 1. The highest BCUT2D eigenvalue weighted by Gasteiger charge is 2.45. The van der Waals surface area contributed by atoms with E-state index in [0.29, 0.717) is 6.42 Å². The average molecular weight is 235 g/mol. The third kappa shape index (κ3) is 2.78. The van der Waals surface area contributed by atoms with Crippen molar-refractivity contribution in [2.75, 3.05) is 20.1 Å². The molecule has 0 bridgehead atoms. The summed E-state index contributed by atoms with van der Waals surface area (Å²) in [4.78, 5) is 14.1. The zero-order valence-corrected chi connectivity index (χ0v) is 10.5. The van der Waals surface area contributed by atoms with Gasteiger partial charge < -0.3 is 5.32 Å². The zero-order valence-electron chi connectivity index (χ0n) is 10.5. The van der Waals surface area contributed by atoms with Crippen molar-refractivity contribution in [3.63, 3.8) is 0 Å². The number of piperidine rings is 1. The molecule has 4 nitrogen and oxygen atoms in total. The summed E-state index contributed by atoms with van der Waals surface area (Å²) >= 11 is 0. The van der Waals surface area contributed by atoms with E-state index < -0.39 is 0 Å². The van der Waals surface area contributed by atoms with E-state index in [1.807, 2.05) is 0 Å². The van der Waals surface area contributed by atoms with Gasteiger partial charge >= 0.3 is 0 Å². The minimum Gasteiger partial charge on any atom is -0.358 e. The summed E-state index contributed by atoms with van der Waals surface area (Å²) in [6, 6.07) is 2.32. The first-order valence-electron chi connectivity index (χ1n) is 6.53. The predicted molar refractivity (Wildman–Crippen MR) is 65.2 cm³/mol. The van der Waals surface area contributed by atoms with Gasteiger partial charge in [0, 0.05) is 20.0 Å². The molecule has 2 aliphatic rings. The fourth-order valence-electron chi connectivity index (χ4n) is 2.81. The van der Waals surface area contributed by atoms with Crippen LogP contribution in [0.25, 0.3) is 0 Å². The molecule has 1 heterocycles. The van der Waals surface area contributed by atoms with Crippen LogP contribution in [0.5, 0.6) is 0 Å². The number of rotatable bonds is 4. The number of nitrogens with zero attached hydrogens (tertiary/aromatic N) is 2. The maximum absolute atomic E-state index is 11.8. The maximum atomic E-state index is 11.8. The molecule has 94 valence electrons. The molecule has 0 radical (unpaired) electrons. The number of amides is 1. The van der Waals surface area contributed by atoms with Crippen molar-refractivity contribution in [3.8, 4) is 6.07 Å². The molecule has 0 aromatic rings. The topological polar surface area (TPSA) is 56.1 Å². The Morgan fingerprint density at radius 1 is 1.53 bits per heavy atom. The van der Waals surface area contributed by atoms with Gasteiger partial charge in [-0.05, 0) is 37.6 Å². The maximum Gasteiger partial charge on any atom is 0.237 e. The molecule has 1 unspecified atom stereocenters. The summed E-state index contributed by atoms with van der Waals surface area (Å²) in [6.45, 7) is 1.93. The van der Waals surface area contributed by atoms with Gasteiger partial charge in [0.15, 0.2) is 0 Å². The highest BCUT2D eigenvalue weighted by atomic mass is 16.2. The first-order chi connectivity index (χ1) is 8.21. The second-order valence-electron chi connectivity index (χ2n) is 5.43. The summed E-state index contributed by atoms with van der Waals surface area (Å²) in [6.07, 6.45) is 6.22. The van der Waals surface area contributed by atoms with E-state index in [1.54, 1.807) is 7.05 Å². The van der Waals surface area contributed by atoms with Crippen molar-refractivity contribution < 1.29 is 4.79 Å². The van der Waals surface area contributed by atoms with E-state index in [1.165, 1.54) is 6.42 Å². The first kappa shape index (κ1) is 12.4. The fourth-order valence-corrected chi connectivity index (χ4v) is 2.81. The van der Waals surface area contributed by atoms with E-state index >= 15 is 0 Å². The third-order valence-corrected chi connectivity index (χ3v) is 4.11. The Morgan fingerprint density at radius 2 is 2.29 bits per heavy atom. The van der Waals surface area contributed by atoms with Crippen molar-refractivity contribution in [2.24, 2.45) is 5.41 Å². The van der Waals surface area contributed by atoms with Gasteiger partial charge in [0.25, 0.3) is 0 Å². The molecule has 1 aliphatic carbocycles. The van der Waals surface area contributed by atoms with Crippen molar-refractivity contribution in [1.82, 2.24) is 10.2 Å². The third-order valence-electron chi connectivity index (χ3n) is 4.11. The summed E-state index contributed by atoms with van der Waals surface area (Å²) in [7, 11) is 1.71. The first-order valence-corrected chi connectivity index (χ1v) is 6.53. The fraction of sp³-hybridized carbons (Fsp3) is 0.846. The molecule has 0 aromatic heterocycles. The Bertz CT molecular complexity index is 330. The Balaban J connectivity index is 1.97. The van der Waals surface area contributed by atoms with Crippen molar-refractivity contribution in [3.05, 3.63) is 0 Å². The van der Waals surface area contributed by atoms with E-state index in [2.05, 4.69) is 16.3 Å².